The van der Waals surface area contributed by atoms with Crippen molar-refractivity contribution in [1.29, 1.82) is 0 Å². The lowest BCUT2D eigenvalue weighted by Gasteiger charge is -2.32. The number of hydrogen-bond donors (Lipinski definition) is 2. The van der Waals surface area contributed by atoms with Gasteiger partial charge >= 0.3 is 5.97 Å². The highest BCUT2D eigenvalue weighted by Crippen LogP contribution is 2.33. The summed E-state index contributed by atoms with van der Waals surface area (Å²) in [4.78, 5) is 37.9. The lowest BCUT2D eigenvalue weighted by atomic mass is 10.1. The Morgan fingerprint density at radius 2 is 2.04 bits per heavy atom. The Kier molecular flexibility index (Phi) is 5.22. The number of rotatable bonds is 6. The minimum absolute atomic E-state index is 0.143. The Morgan fingerprint density at radius 1 is 1.27 bits per heavy atom. The van der Waals surface area contributed by atoms with Crippen LogP contribution in [0.15, 0.2) is 36.4 Å². The van der Waals surface area contributed by atoms with Crippen LogP contribution in [0.3, 0.4) is 0 Å². The summed E-state index contributed by atoms with van der Waals surface area (Å²) < 4.78 is 5.57. The zero-order valence-electron chi connectivity index (χ0n) is 14.1. The molecule has 1 aromatic heterocycles. The van der Waals surface area contributed by atoms with E-state index in [1.807, 2.05) is 12.1 Å². The number of aromatic carboxylic acids is 1. The standard InChI is InChI=1S/C18H18N2O5S/c1-11-17(22)20(13-4-2-3-5-14(13)25-11)9-8-16(21)19-10-12-6-7-15(26-12)18(23)24/h2-7,11H,8-10H2,1H3,(H,19,21)(H,23,24). The van der Waals surface area contributed by atoms with Crippen molar-refractivity contribution >= 4 is 34.8 Å². The molecule has 3 rings (SSSR count). The summed E-state index contributed by atoms with van der Waals surface area (Å²) in [5.74, 6) is -0.744. The first-order chi connectivity index (χ1) is 12.5. The lowest BCUT2D eigenvalue weighted by molar-refractivity contribution is -0.125. The third kappa shape index (κ3) is 3.85. The fourth-order valence-electron chi connectivity index (χ4n) is 2.66. The molecule has 1 atom stereocenters. The Hall–Kier alpha value is -2.87. The topological polar surface area (TPSA) is 95.9 Å². The van der Waals surface area contributed by atoms with Gasteiger partial charge in [-0.3, -0.25) is 9.59 Å². The van der Waals surface area contributed by atoms with Gasteiger partial charge in [-0.25, -0.2) is 4.79 Å². The van der Waals surface area contributed by atoms with Crippen LogP contribution < -0.4 is 15.0 Å². The maximum Gasteiger partial charge on any atom is 0.345 e. The lowest BCUT2D eigenvalue weighted by Crippen LogP contribution is -2.45. The number of benzene rings is 1. The number of hydrogen-bond acceptors (Lipinski definition) is 5. The van der Waals surface area contributed by atoms with Crippen LogP contribution in [0.1, 0.15) is 27.9 Å². The van der Waals surface area contributed by atoms with E-state index < -0.39 is 12.1 Å². The molecule has 0 saturated heterocycles. The van der Waals surface area contributed by atoms with Gasteiger partial charge < -0.3 is 20.1 Å². The molecule has 2 aromatic rings. The Morgan fingerprint density at radius 3 is 2.77 bits per heavy atom. The molecule has 7 nitrogen and oxygen atoms in total. The predicted octanol–water partition coefficient (Wildman–Crippen LogP) is 2.27. The van der Waals surface area contributed by atoms with Crippen LogP contribution in [0, 0.1) is 0 Å². The molecule has 0 fully saturated rings. The molecule has 0 saturated carbocycles. The molecular formula is C18H18N2O5S. The van der Waals surface area contributed by atoms with E-state index in [0.29, 0.717) is 11.4 Å². The monoisotopic (exact) mass is 374 g/mol. The van der Waals surface area contributed by atoms with Crippen LogP contribution in [-0.4, -0.2) is 35.5 Å². The molecule has 1 unspecified atom stereocenters. The van der Waals surface area contributed by atoms with Gasteiger partial charge in [0, 0.05) is 17.8 Å². The molecule has 2 N–H and O–H groups in total. The van der Waals surface area contributed by atoms with E-state index in [4.69, 9.17) is 9.84 Å². The number of para-hydroxylation sites is 2. The number of carbonyl (C=O) groups excluding carboxylic acids is 2. The van der Waals surface area contributed by atoms with Gasteiger partial charge in [0.05, 0.1) is 12.2 Å². The molecule has 0 bridgehead atoms. The van der Waals surface area contributed by atoms with Gasteiger partial charge in [0.2, 0.25) is 5.91 Å². The number of carbonyl (C=O) groups is 3. The molecule has 1 aliphatic rings. The summed E-state index contributed by atoms with van der Waals surface area (Å²) in [6.45, 7) is 2.20. The summed E-state index contributed by atoms with van der Waals surface area (Å²) in [5, 5.41) is 11.7. The van der Waals surface area contributed by atoms with Gasteiger partial charge in [-0.05, 0) is 31.2 Å². The van der Waals surface area contributed by atoms with Crippen molar-refractivity contribution < 1.29 is 24.2 Å². The second-order valence-electron chi connectivity index (χ2n) is 5.82. The van der Waals surface area contributed by atoms with E-state index in [-0.39, 0.29) is 36.2 Å². The van der Waals surface area contributed by atoms with Gasteiger partial charge in [0.1, 0.15) is 10.6 Å². The summed E-state index contributed by atoms with van der Waals surface area (Å²) >= 11 is 1.13. The van der Waals surface area contributed by atoms with Crippen LogP contribution in [0.25, 0.3) is 0 Å². The molecule has 2 heterocycles. The minimum Gasteiger partial charge on any atom is -0.479 e. The van der Waals surface area contributed by atoms with Gasteiger partial charge in [-0.1, -0.05) is 12.1 Å². The maximum atomic E-state index is 12.4. The van der Waals surface area contributed by atoms with Crippen molar-refractivity contribution in [2.75, 3.05) is 11.4 Å². The first kappa shape index (κ1) is 17.9. The highest BCUT2D eigenvalue weighted by molar-refractivity contribution is 7.13. The molecule has 0 spiro atoms. The van der Waals surface area contributed by atoms with E-state index in [2.05, 4.69) is 5.32 Å². The van der Waals surface area contributed by atoms with Gasteiger partial charge in [-0.2, -0.15) is 0 Å². The molecule has 1 aliphatic heterocycles. The molecule has 26 heavy (non-hydrogen) atoms. The second kappa shape index (κ2) is 7.57. The summed E-state index contributed by atoms with van der Waals surface area (Å²) in [6.07, 6.45) is -0.447. The number of anilines is 1. The first-order valence-corrected chi connectivity index (χ1v) is 8.93. The minimum atomic E-state index is -0.980. The summed E-state index contributed by atoms with van der Waals surface area (Å²) in [7, 11) is 0. The number of carboxylic acids is 1. The van der Waals surface area contributed by atoms with Crippen LogP contribution in [-0.2, 0) is 16.1 Å². The van der Waals surface area contributed by atoms with Crippen molar-refractivity contribution in [2.24, 2.45) is 0 Å². The fourth-order valence-corrected chi connectivity index (χ4v) is 3.45. The second-order valence-corrected chi connectivity index (χ2v) is 6.98. The third-order valence-electron chi connectivity index (χ3n) is 3.97. The van der Waals surface area contributed by atoms with Gasteiger partial charge in [-0.15, -0.1) is 11.3 Å². The molecular weight excluding hydrogens is 356 g/mol. The van der Waals surface area contributed by atoms with E-state index >= 15 is 0 Å². The summed E-state index contributed by atoms with van der Waals surface area (Å²) in [6, 6.07) is 10.4. The van der Waals surface area contributed by atoms with E-state index in [9.17, 15) is 14.4 Å². The molecule has 136 valence electrons. The van der Waals surface area contributed by atoms with E-state index in [1.165, 1.54) is 6.07 Å². The highest BCUT2D eigenvalue weighted by atomic mass is 32.1. The number of amides is 2. The van der Waals surface area contributed by atoms with Crippen molar-refractivity contribution in [3.05, 3.63) is 46.2 Å². The predicted molar refractivity (Wildman–Crippen MR) is 96.6 cm³/mol. The van der Waals surface area contributed by atoms with Crippen molar-refractivity contribution in [3.63, 3.8) is 0 Å². The van der Waals surface area contributed by atoms with Crippen LogP contribution in [0.5, 0.6) is 5.75 Å². The zero-order chi connectivity index (χ0) is 18.7. The third-order valence-corrected chi connectivity index (χ3v) is 5.04. The average Bonchev–Trinajstić information content (AvgIpc) is 3.10. The molecule has 8 heteroatoms. The molecule has 0 aliphatic carbocycles. The van der Waals surface area contributed by atoms with Crippen LogP contribution >= 0.6 is 11.3 Å². The van der Waals surface area contributed by atoms with Crippen LogP contribution in [0.4, 0.5) is 5.69 Å². The maximum absolute atomic E-state index is 12.4. The SMILES string of the molecule is CC1Oc2ccccc2N(CCC(=O)NCc2ccc(C(=O)O)s2)C1=O. The number of fused-ring (bicyclic) bond motifs is 1. The summed E-state index contributed by atoms with van der Waals surface area (Å²) in [5.41, 5.74) is 0.660. The Bertz CT molecular complexity index is 848. The Labute approximate surface area is 154 Å². The first-order valence-electron chi connectivity index (χ1n) is 8.11. The number of nitrogens with zero attached hydrogens (tertiary/aromatic N) is 1. The van der Waals surface area contributed by atoms with E-state index in [0.717, 1.165) is 16.2 Å². The number of nitrogens with one attached hydrogen (secondary N) is 1. The number of ether oxygens (including phenoxy) is 1. The highest BCUT2D eigenvalue weighted by Gasteiger charge is 2.31. The number of carboxylic acid groups (broad SMARTS) is 1. The van der Waals surface area contributed by atoms with E-state index in [1.54, 1.807) is 30.0 Å². The number of thiophene rings is 1. The van der Waals surface area contributed by atoms with Gasteiger partial charge in [0.25, 0.3) is 5.91 Å². The fraction of sp³-hybridized carbons (Fsp3) is 0.278. The quantitative estimate of drug-likeness (QED) is 0.809. The van der Waals surface area contributed by atoms with Crippen molar-refractivity contribution in [3.8, 4) is 5.75 Å². The molecule has 0 radical (unpaired) electrons. The average molecular weight is 374 g/mol. The Balaban J connectivity index is 1.57. The molecule has 1 aromatic carbocycles. The smallest absolute Gasteiger partial charge is 0.345 e. The van der Waals surface area contributed by atoms with Crippen molar-refractivity contribution in [1.82, 2.24) is 5.32 Å². The van der Waals surface area contributed by atoms with Gasteiger partial charge in [0.15, 0.2) is 6.10 Å². The van der Waals surface area contributed by atoms with Crippen molar-refractivity contribution in [2.45, 2.75) is 26.0 Å². The molecule has 2 amide bonds. The van der Waals surface area contributed by atoms with Crippen LogP contribution in [0.2, 0.25) is 0 Å². The largest absolute Gasteiger partial charge is 0.479 e. The zero-order valence-corrected chi connectivity index (χ0v) is 14.9. The normalized spacial score (nSPS) is 16.0.